The Hall–Kier alpha value is -3.65. The van der Waals surface area contributed by atoms with E-state index in [2.05, 4.69) is 29.2 Å². The summed E-state index contributed by atoms with van der Waals surface area (Å²) in [6.07, 6.45) is 9.12. The highest BCUT2D eigenvalue weighted by Gasteiger charge is 2.27. The van der Waals surface area contributed by atoms with E-state index in [0.717, 1.165) is 53.7 Å². The monoisotopic (exact) mass is 502 g/mol. The van der Waals surface area contributed by atoms with Crippen LogP contribution in [0.5, 0.6) is 0 Å². The van der Waals surface area contributed by atoms with Crippen LogP contribution in [-0.2, 0) is 12.8 Å². The summed E-state index contributed by atoms with van der Waals surface area (Å²) in [5.74, 6) is 0. The first kappa shape index (κ1) is 25.0. The quantitative estimate of drug-likeness (QED) is 0.527. The van der Waals surface area contributed by atoms with Gasteiger partial charge < -0.3 is 20.0 Å². The summed E-state index contributed by atoms with van der Waals surface area (Å²) in [6.45, 7) is 1.17. The fourth-order valence-corrected chi connectivity index (χ4v) is 5.63. The smallest absolute Gasteiger partial charge is 0.407 e. The van der Waals surface area contributed by atoms with E-state index in [1.807, 2.05) is 25.2 Å². The van der Waals surface area contributed by atoms with Crippen LogP contribution in [0.2, 0.25) is 0 Å². The van der Waals surface area contributed by atoms with Gasteiger partial charge >= 0.3 is 6.09 Å². The molecule has 8 heteroatoms. The number of anilines is 1. The molecule has 37 heavy (non-hydrogen) atoms. The number of hydrogen-bond acceptors (Lipinski definition) is 5. The van der Waals surface area contributed by atoms with Crippen molar-refractivity contribution < 1.29 is 15.0 Å². The van der Waals surface area contributed by atoms with Gasteiger partial charge in [-0.3, -0.25) is 9.36 Å². The molecule has 5 rings (SSSR count). The molecule has 2 atom stereocenters. The third kappa shape index (κ3) is 4.98. The van der Waals surface area contributed by atoms with Gasteiger partial charge in [0.1, 0.15) is 5.52 Å². The predicted molar refractivity (Wildman–Crippen MR) is 145 cm³/mol. The average Bonchev–Trinajstić information content (AvgIpc) is 2.89. The number of carbonyl (C=O) groups is 1. The molecule has 0 spiro atoms. The van der Waals surface area contributed by atoms with Crippen molar-refractivity contribution in [3.63, 3.8) is 0 Å². The normalized spacial score (nSPS) is 19.2. The van der Waals surface area contributed by atoms with E-state index in [-0.39, 0.29) is 11.6 Å². The molecule has 1 aliphatic heterocycles. The molecule has 2 heterocycles. The molecule has 1 fully saturated rings. The van der Waals surface area contributed by atoms with E-state index in [1.54, 1.807) is 17.9 Å². The zero-order valence-corrected chi connectivity index (χ0v) is 21.4. The van der Waals surface area contributed by atoms with Crippen molar-refractivity contribution in [2.45, 2.75) is 50.7 Å². The molecule has 2 aliphatic rings. The first-order chi connectivity index (χ1) is 17.8. The van der Waals surface area contributed by atoms with Crippen molar-refractivity contribution in [1.82, 2.24) is 14.5 Å². The summed E-state index contributed by atoms with van der Waals surface area (Å²) < 4.78 is 1.64. The number of rotatable bonds is 6. The van der Waals surface area contributed by atoms with Crippen LogP contribution in [0.4, 0.5) is 10.5 Å². The summed E-state index contributed by atoms with van der Waals surface area (Å²) in [4.78, 5) is 33.1. The lowest BCUT2D eigenvalue weighted by Crippen LogP contribution is -2.35. The molecule has 1 amide bonds. The Morgan fingerprint density at radius 3 is 2.76 bits per heavy atom. The maximum Gasteiger partial charge on any atom is 0.407 e. The SMILES string of the molecule is CN(CCc1cccc(Cc2cc3c(=O)n([C@H]4CCCC[C@@H]4O)cnc3c3c2C=CCN3C)c1)C(=O)O. The van der Waals surface area contributed by atoms with E-state index in [1.165, 1.54) is 4.90 Å². The van der Waals surface area contributed by atoms with Gasteiger partial charge in [0.25, 0.3) is 5.56 Å². The number of aliphatic hydroxyl groups excluding tert-OH is 1. The highest BCUT2D eigenvalue weighted by Crippen LogP contribution is 2.36. The molecule has 0 bridgehead atoms. The van der Waals surface area contributed by atoms with Gasteiger partial charge in [0, 0.05) is 32.7 Å². The van der Waals surface area contributed by atoms with Crippen molar-refractivity contribution in [1.29, 1.82) is 0 Å². The van der Waals surface area contributed by atoms with E-state index in [0.29, 0.717) is 36.7 Å². The molecule has 3 aromatic rings. The first-order valence-electron chi connectivity index (χ1n) is 13.0. The summed E-state index contributed by atoms with van der Waals surface area (Å²) in [7, 11) is 3.59. The second kappa shape index (κ2) is 10.4. The average molecular weight is 503 g/mol. The van der Waals surface area contributed by atoms with Crippen LogP contribution < -0.4 is 10.5 Å². The number of benzene rings is 2. The molecule has 1 aliphatic carbocycles. The second-order valence-corrected chi connectivity index (χ2v) is 10.3. The highest BCUT2D eigenvalue weighted by molar-refractivity contribution is 5.97. The predicted octanol–water partition coefficient (Wildman–Crippen LogP) is 4.08. The molecule has 0 saturated heterocycles. The van der Waals surface area contributed by atoms with Crippen LogP contribution in [0.15, 0.2) is 47.5 Å². The lowest BCUT2D eigenvalue weighted by atomic mass is 9.91. The molecular weight excluding hydrogens is 468 g/mol. The Morgan fingerprint density at radius 1 is 1.19 bits per heavy atom. The molecule has 2 N–H and O–H groups in total. The van der Waals surface area contributed by atoms with Crippen LogP contribution in [0, 0.1) is 0 Å². The zero-order chi connectivity index (χ0) is 26.1. The fourth-order valence-electron chi connectivity index (χ4n) is 5.63. The minimum Gasteiger partial charge on any atom is -0.465 e. The van der Waals surface area contributed by atoms with Crippen molar-refractivity contribution in [3.8, 4) is 0 Å². The minimum atomic E-state index is -0.935. The molecule has 2 aromatic carbocycles. The maximum atomic E-state index is 13.8. The molecular formula is C29H34N4O4. The van der Waals surface area contributed by atoms with E-state index >= 15 is 0 Å². The summed E-state index contributed by atoms with van der Waals surface area (Å²) in [6, 6.07) is 9.93. The van der Waals surface area contributed by atoms with Crippen molar-refractivity contribution in [2.75, 3.05) is 32.1 Å². The Kier molecular flexibility index (Phi) is 7.02. The van der Waals surface area contributed by atoms with Crippen LogP contribution in [0.3, 0.4) is 0 Å². The third-order valence-electron chi connectivity index (χ3n) is 7.72. The summed E-state index contributed by atoms with van der Waals surface area (Å²) >= 11 is 0. The first-order valence-corrected chi connectivity index (χ1v) is 13.0. The number of amides is 1. The number of aromatic nitrogens is 2. The highest BCUT2D eigenvalue weighted by atomic mass is 16.4. The van der Waals surface area contributed by atoms with Crippen LogP contribution in [-0.4, -0.2) is 64.0 Å². The molecule has 1 saturated carbocycles. The van der Waals surface area contributed by atoms with E-state index < -0.39 is 12.2 Å². The lowest BCUT2D eigenvalue weighted by molar-refractivity contribution is 0.0735. The van der Waals surface area contributed by atoms with Gasteiger partial charge in [-0.15, -0.1) is 0 Å². The Balaban J connectivity index is 1.55. The molecule has 8 nitrogen and oxygen atoms in total. The fraction of sp³-hybridized carbons (Fsp3) is 0.414. The largest absolute Gasteiger partial charge is 0.465 e. The van der Waals surface area contributed by atoms with Gasteiger partial charge in [-0.25, -0.2) is 9.78 Å². The number of nitrogens with zero attached hydrogens (tertiary/aromatic N) is 4. The number of likely N-dealkylation sites (N-methyl/N-ethyl adjacent to an activating group) is 2. The van der Waals surface area contributed by atoms with Gasteiger partial charge in [0.05, 0.1) is 29.5 Å². The number of carboxylic acid groups (broad SMARTS) is 1. The summed E-state index contributed by atoms with van der Waals surface area (Å²) in [5, 5.41) is 20.3. The Morgan fingerprint density at radius 2 is 1.97 bits per heavy atom. The van der Waals surface area contributed by atoms with Crippen LogP contribution in [0.25, 0.3) is 17.0 Å². The van der Waals surface area contributed by atoms with Gasteiger partial charge in [-0.1, -0.05) is 49.3 Å². The zero-order valence-electron chi connectivity index (χ0n) is 21.4. The van der Waals surface area contributed by atoms with Gasteiger partial charge in [0.15, 0.2) is 0 Å². The standard InChI is InChI=1S/C29H34N4O4/c1-31-13-6-9-22-21(16-20-8-5-7-19(15-20)12-14-32(2)29(36)37)17-23-26(27(22)31)30-18-33(28(23)35)24-10-3-4-11-25(24)34/h5-9,15,17-18,24-25,34H,3-4,10-14,16H2,1-2H3,(H,36,37)/t24-,25-/m0/s1. The maximum absolute atomic E-state index is 13.8. The van der Waals surface area contributed by atoms with Crippen LogP contribution >= 0.6 is 0 Å². The number of aliphatic hydroxyl groups is 1. The molecule has 0 radical (unpaired) electrons. The van der Waals surface area contributed by atoms with Gasteiger partial charge in [0.2, 0.25) is 0 Å². The Labute approximate surface area is 216 Å². The molecule has 1 aromatic heterocycles. The number of fused-ring (bicyclic) bond motifs is 3. The molecule has 0 unspecified atom stereocenters. The minimum absolute atomic E-state index is 0.103. The second-order valence-electron chi connectivity index (χ2n) is 10.3. The van der Waals surface area contributed by atoms with Crippen molar-refractivity contribution in [2.24, 2.45) is 0 Å². The van der Waals surface area contributed by atoms with Gasteiger partial charge in [-0.05, 0) is 48.4 Å². The van der Waals surface area contributed by atoms with Crippen molar-refractivity contribution >= 4 is 28.8 Å². The van der Waals surface area contributed by atoms with E-state index in [4.69, 9.17) is 10.1 Å². The topological polar surface area (TPSA) is 98.9 Å². The Bertz CT molecular complexity index is 1410. The lowest BCUT2D eigenvalue weighted by Gasteiger charge is -2.30. The third-order valence-corrected chi connectivity index (χ3v) is 7.72. The van der Waals surface area contributed by atoms with Crippen LogP contribution in [0.1, 0.15) is 54.0 Å². The summed E-state index contributed by atoms with van der Waals surface area (Å²) in [5.41, 5.74) is 5.85. The molecule has 194 valence electrons. The van der Waals surface area contributed by atoms with E-state index in [9.17, 15) is 14.7 Å². The number of hydrogen-bond donors (Lipinski definition) is 2. The van der Waals surface area contributed by atoms with Gasteiger partial charge in [-0.2, -0.15) is 0 Å². The van der Waals surface area contributed by atoms with Crippen molar-refractivity contribution in [3.05, 3.63) is 75.3 Å².